The highest BCUT2D eigenvalue weighted by atomic mass is 16.5. The van der Waals surface area contributed by atoms with Crippen LogP contribution in [0.15, 0.2) is 48.9 Å². The standard InChI is InChI=1S/C27H30N6O5/c1-5-37-24-15-30-33(17-9-11-32(2)16-17)26(24)27(34)31-25-7-6-18(14-29-25)38-21-8-10-28-20-13-23(36-4)22(35-3)12-19(20)21/h6-8,10,12-15,17H,5,9,11,16H2,1-4H3,(H,29,31,34). The smallest absolute Gasteiger partial charge is 0.278 e. The Hall–Kier alpha value is -4.38. The zero-order valence-corrected chi connectivity index (χ0v) is 21.8. The van der Waals surface area contributed by atoms with Crippen molar-refractivity contribution >= 4 is 22.6 Å². The van der Waals surface area contributed by atoms with Crippen LogP contribution in [0.5, 0.6) is 28.7 Å². The molecule has 1 atom stereocenters. The summed E-state index contributed by atoms with van der Waals surface area (Å²) in [5.41, 5.74) is 1.09. The fourth-order valence-corrected chi connectivity index (χ4v) is 4.57. The van der Waals surface area contributed by atoms with Gasteiger partial charge in [0, 0.05) is 24.2 Å². The molecular formula is C27H30N6O5. The van der Waals surface area contributed by atoms with Gasteiger partial charge in [-0.05, 0) is 51.2 Å². The molecule has 1 unspecified atom stereocenters. The van der Waals surface area contributed by atoms with Crippen LogP contribution in [-0.4, -0.2) is 71.5 Å². The zero-order chi connectivity index (χ0) is 26.6. The van der Waals surface area contributed by atoms with Gasteiger partial charge in [0.05, 0.1) is 44.8 Å². The van der Waals surface area contributed by atoms with Gasteiger partial charge in [0.2, 0.25) is 0 Å². The molecule has 198 valence electrons. The SMILES string of the molecule is CCOc1cnn(C2CCN(C)C2)c1C(=O)Nc1ccc(Oc2ccnc3cc(OC)c(OC)cc23)cn1. The number of amides is 1. The molecule has 0 radical (unpaired) electrons. The summed E-state index contributed by atoms with van der Waals surface area (Å²) in [7, 11) is 5.21. The first-order chi connectivity index (χ1) is 18.5. The summed E-state index contributed by atoms with van der Waals surface area (Å²) in [5, 5.41) is 8.09. The third-order valence-corrected chi connectivity index (χ3v) is 6.40. The van der Waals surface area contributed by atoms with E-state index in [1.165, 1.54) is 0 Å². The normalized spacial score (nSPS) is 15.4. The molecule has 1 aliphatic heterocycles. The Bertz CT molecular complexity index is 1440. The van der Waals surface area contributed by atoms with E-state index in [-0.39, 0.29) is 11.9 Å². The number of fused-ring (bicyclic) bond motifs is 1. The Morgan fingerprint density at radius 2 is 1.87 bits per heavy atom. The molecule has 38 heavy (non-hydrogen) atoms. The number of aromatic nitrogens is 4. The summed E-state index contributed by atoms with van der Waals surface area (Å²) < 4.78 is 24.3. The van der Waals surface area contributed by atoms with Crippen LogP contribution < -0.4 is 24.3 Å². The predicted octanol–water partition coefficient (Wildman–Crippen LogP) is 4.16. The fraction of sp³-hybridized carbons (Fsp3) is 0.333. The van der Waals surface area contributed by atoms with Crippen molar-refractivity contribution in [2.45, 2.75) is 19.4 Å². The lowest BCUT2D eigenvalue weighted by Crippen LogP contribution is -2.24. The van der Waals surface area contributed by atoms with Gasteiger partial charge in [0.15, 0.2) is 22.9 Å². The monoisotopic (exact) mass is 518 g/mol. The quantitative estimate of drug-likeness (QED) is 0.349. The van der Waals surface area contributed by atoms with E-state index in [2.05, 4.69) is 32.3 Å². The van der Waals surface area contributed by atoms with Crippen molar-refractivity contribution in [2.75, 3.05) is 46.3 Å². The molecule has 5 rings (SSSR count). The summed E-state index contributed by atoms with van der Waals surface area (Å²) >= 11 is 0. The van der Waals surface area contributed by atoms with Crippen molar-refractivity contribution in [3.63, 3.8) is 0 Å². The van der Waals surface area contributed by atoms with E-state index in [0.717, 1.165) is 24.9 Å². The number of hydrogen-bond acceptors (Lipinski definition) is 9. The minimum atomic E-state index is -0.331. The van der Waals surface area contributed by atoms with E-state index in [0.29, 0.717) is 52.4 Å². The third-order valence-electron chi connectivity index (χ3n) is 6.40. The van der Waals surface area contributed by atoms with Gasteiger partial charge < -0.3 is 29.2 Å². The van der Waals surface area contributed by atoms with E-state index >= 15 is 0 Å². The minimum absolute atomic E-state index is 0.104. The van der Waals surface area contributed by atoms with Gasteiger partial charge in [0.1, 0.15) is 17.3 Å². The zero-order valence-electron chi connectivity index (χ0n) is 21.8. The van der Waals surface area contributed by atoms with Gasteiger partial charge in [-0.1, -0.05) is 0 Å². The van der Waals surface area contributed by atoms with E-state index in [1.807, 2.05) is 13.0 Å². The lowest BCUT2D eigenvalue weighted by molar-refractivity contribution is 0.101. The van der Waals surface area contributed by atoms with Crippen LogP contribution in [0, 0.1) is 0 Å². The average molecular weight is 519 g/mol. The van der Waals surface area contributed by atoms with Crippen LogP contribution in [0.4, 0.5) is 5.82 Å². The molecule has 0 bridgehead atoms. The molecule has 3 aromatic heterocycles. The first-order valence-electron chi connectivity index (χ1n) is 12.4. The van der Waals surface area contributed by atoms with Crippen LogP contribution >= 0.6 is 0 Å². The van der Waals surface area contributed by atoms with Crippen molar-refractivity contribution in [2.24, 2.45) is 0 Å². The largest absolute Gasteiger partial charge is 0.493 e. The van der Waals surface area contributed by atoms with Gasteiger partial charge in [-0.2, -0.15) is 5.10 Å². The Labute approximate surface area is 220 Å². The molecule has 1 aliphatic rings. The van der Waals surface area contributed by atoms with Crippen molar-refractivity contribution in [1.82, 2.24) is 24.6 Å². The van der Waals surface area contributed by atoms with Crippen molar-refractivity contribution in [1.29, 1.82) is 0 Å². The number of carbonyl (C=O) groups excluding carboxylic acids is 1. The number of anilines is 1. The Kier molecular flexibility index (Phi) is 7.27. The first kappa shape index (κ1) is 25.3. The number of pyridine rings is 2. The van der Waals surface area contributed by atoms with Gasteiger partial charge in [-0.25, -0.2) is 4.98 Å². The average Bonchev–Trinajstić information content (AvgIpc) is 3.55. The van der Waals surface area contributed by atoms with Gasteiger partial charge in [0.25, 0.3) is 5.91 Å². The Morgan fingerprint density at radius 3 is 2.55 bits per heavy atom. The molecule has 0 aliphatic carbocycles. The molecule has 0 saturated carbocycles. The van der Waals surface area contributed by atoms with E-state index in [1.54, 1.807) is 61.8 Å². The molecule has 4 heterocycles. The van der Waals surface area contributed by atoms with Crippen LogP contribution in [0.3, 0.4) is 0 Å². The molecule has 1 aromatic carbocycles. The number of likely N-dealkylation sites (N-methyl/N-ethyl adjacent to an activating group) is 1. The van der Waals surface area contributed by atoms with Gasteiger partial charge >= 0.3 is 0 Å². The van der Waals surface area contributed by atoms with Crippen LogP contribution in [0.2, 0.25) is 0 Å². The highest BCUT2D eigenvalue weighted by molar-refractivity contribution is 6.04. The highest BCUT2D eigenvalue weighted by Crippen LogP contribution is 2.37. The van der Waals surface area contributed by atoms with E-state index < -0.39 is 0 Å². The van der Waals surface area contributed by atoms with Crippen molar-refractivity contribution in [3.8, 4) is 28.7 Å². The molecule has 1 saturated heterocycles. The molecule has 11 heteroatoms. The first-order valence-corrected chi connectivity index (χ1v) is 12.4. The van der Waals surface area contributed by atoms with Crippen molar-refractivity contribution in [3.05, 3.63) is 54.6 Å². The van der Waals surface area contributed by atoms with Gasteiger partial charge in [-0.3, -0.25) is 14.5 Å². The number of hydrogen-bond donors (Lipinski definition) is 1. The lowest BCUT2D eigenvalue weighted by atomic mass is 10.2. The number of rotatable bonds is 9. The number of methoxy groups -OCH3 is 2. The molecule has 1 N–H and O–H groups in total. The number of likely N-dealkylation sites (tertiary alicyclic amines) is 1. The van der Waals surface area contributed by atoms with Crippen LogP contribution in [0.25, 0.3) is 10.9 Å². The molecular weight excluding hydrogens is 488 g/mol. The minimum Gasteiger partial charge on any atom is -0.493 e. The predicted molar refractivity (Wildman–Crippen MR) is 142 cm³/mol. The number of carbonyl (C=O) groups is 1. The molecule has 1 fully saturated rings. The Morgan fingerprint density at radius 1 is 1.05 bits per heavy atom. The van der Waals surface area contributed by atoms with E-state index in [4.69, 9.17) is 18.9 Å². The second kappa shape index (κ2) is 10.9. The van der Waals surface area contributed by atoms with Crippen LogP contribution in [-0.2, 0) is 0 Å². The fourth-order valence-electron chi connectivity index (χ4n) is 4.57. The van der Waals surface area contributed by atoms with Gasteiger partial charge in [-0.15, -0.1) is 0 Å². The molecule has 4 aromatic rings. The van der Waals surface area contributed by atoms with Crippen molar-refractivity contribution < 1.29 is 23.7 Å². The highest BCUT2D eigenvalue weighted by Gasteiger charge is 2.29. The maximum absolute atomic E-state index is 13.3. The summed E-state index contributed by atoms with van der Waals surface area (Å²) in [6.07, 6.45) is 5.73. The molecule has 1 amide bonds. The number of benzene rings is 1. The third kappa shape index (κ3) is 5.05. The lowest BCUT2D eigenvalue weighted by Gasteiger charge is -2.15. The maximum atomic E-state index is 13.3. The number of nitrogens with one attached hydrogen (secondary N) is 1. The summed E-state index contributed by atoms with van der Waals surface area (Å²) in [4.78, 5) is 24.3. The van der Waals surface area contributed by atoms with Crippen LogP contribution in [0.1, 0.15) is 29.9 Å². The Balaban J connectivity index is 1.34. The summed E-state index contributed by atoms with van der Waals surface area (Å²) in [6, 6.07) is 8.91. The molecule has 11 nitrogen and oxygen atoms in total. The summed E-state index contributed by atoms with van der Waals surface area (Å²) in [5.74, 6) is 2.75. The summed E-state index contributed by atoms with van der Waals surface area (Å²) in [6.45, 7) is 4.08. The number of nitrogens with zero attached hydrogens (tertiary/aromatic N) is 5. The topological polar surface area (TPSA) is 113 Å². The maximum Gasteiger partial charge on any atom is 0.278 e. The van der Waals surface area contributed by atoms with E-state index in [9.17, 15) is 4.79 Å². The second-order valence-corrected chi connectivity index (χ2v) is 8.91. The second-order valence-electron chi connectivity index (χ2n) is 8.91. The number of ether oxygens (including phenoxy) is 4. The molecule has 0 spiro atoms.